The summed E-state index contributed by atoms with van der Waals surface area (Å²) in [6, 6.07) is 0. The van der Waals surface area contributed by atoms with E-state index in [-0.39, 0.29) is 5.78 Å². The molecule has 78 valence electrons. The van der Waals surface area contributed by atoms with Gasteiger partial charge in [0, 0.05) is 12.3 Å². The summed E-state index contributed by atoms with van der Waals surface area (Å²) in [5.41, 5.74) is 0. The molecule has 0 N–H and O–H groups in total. The topological polar surface area (TPSA) is 17.1 Å². The molecule has 0 heterocycles. The zero-order chi connectivity index (χ0) is 10.2. The van der Waals surface area contributed by atoms with E-state index in [2.05, 4.69) is 19.1 Å². The van der Waals surface area contributed by atoms with Crippen molar-refractivity contribution in [3.05, 3.63) is 24.3 Å². The number of unbranched alkanes of at least 4 members (excludes halogenated alkanes) is 4. The number of rotatable bonds is 6. The Morgan fingerprint density at radius 3 is 2.93 bits per heavy atom. The van der Waals surface area contributed by atoms with Crippen LogP contribution in [0.1, 0.15) is 45.4 Å². The third-order valence-corrected chi connectivity index (χ3v) is 2.57. The molecule has 14 heavy (non-hydrogen) atoms. The van der Waals surface area contributed by atoms with Crippen LogP contribution in [0.25, 0.3) is 0 Å². The van der Waals surface area contributed by atoms with Gasteiger partial charge in [0.1, 0.15) is 0 Å². The molecule has 0 aromatic heterocycles. The lowest BCUT2D eigenvalue weighted by Gasteiger charge is -1.98. The molecule has 1 aliphatic rings. The second-order valence-electron chi connectivity index (χ2n) is 3.97. The Balaban J connectivity index is 2.03. The minimum Gasteiger partial charge on any atom is -0.295 e. The molecule has 0 aromatic rings. The molecule has 1 aliphatic carbocycles. The van der Waals surface area contributed by atoms with Gasteiger partial charge in [0.25, 0.3) is 0 Å². The van der Waals surface area contributed by atoms with Crippen molar-refractivity contribution in [2.24, 2.45) is 5.92 Å². The first kappa shape index (κ1) is 11.2. The SMILES string of the molecule is CCCCCC/C=C\[C@@H]1C=CC(=O)C1. The zero-order valence-electron chi connectivity index (χ0n) is 9.04. The van der Waals surface area contributed by atoms with Crippen LogP contribution in [0.15, 0.2) is 24.3 Å². The van der Waals surface area contributed by atoms with Gasteiger partial charge in [-0.25, -0.2) is 0 Å². The molecule has 0 aliphatic heterocycles. The summed E-state index contributed by atoms with van der Waals surface area (Å²) >= 11 is 0. The number of allylic oxidation sites excluding steroid dienone is 4. The van der Waals surface area contributed by atoms with Crippen LogP contribution in [0.2, 0.25) is 0 Å². The average Bonchev–Trinajstić information content (AvgIpc) is 2.58. The van der Waals surface area contributed by atoms with Crippen LogP contribution in [0, 0.1) is 5.92 Å². The molecule has 0 saturated heterocycles. The Kier molecular flexibility index (Phi) is 5.28. The lowest BCUT2D eigenvalue weighted by molar-refractivity contribution is -0.114. The summed E-state index contributed by atoms with van der Waals surface area (Å²) < 4.78 is 0. The van der Waals surface area contributed by atoms with Crippen LogP contribution >= 0.6 is 0 Å². The van der Waals surface area contributed by atoms with Gasteiger partial charge in [-0.3, -0.25) is 4.79 Å². The molecule has 1 rings (SSSR count). The summed E-state index contributed by atoms with van der Waals surface area (Å²) in [5, 5.41) is 0. The lowest BCUT2D eigenvalue weighted by Crippen LogP contribution is -1.91. The normalized spacial score (nSPS) is 21.2. The van der Waals surface area contributed by atoms with Crippen molar-refractivity contribution in [1.82, 2.24) is 0 Å². The Hall–Kier alpha value is -0.850. The fraction of sp³-hybridized carbons (Fsp3) is 0.615. The monoisotopic (exact) mass is 192 g/mol. The standard InChI is InChI=1S/C13H20O/c1-2-3-4-5-6-7-8-12-9-10-13(14)11-12/h7-10,12H,2-6,11H2,1H3/b8-7-/t12-/m1/s1. The van der Waals surface area contributed by atoms with E-state index in [4.69, 9.17) is 0 Å². The molecule has 0 saturated carbocycles. The van der Waals surface area contributed by atoms with Crippen molar-refractivity contribution in [3.8, 4) is 0 Å². The molecule has 1 heteroatoms. The van der Waals surface area contributed by atoms with Crippen molar-refractivity contribution >= 4 is 5.78 Å². The van der Waals surface area contributed by atoms with Crippen LogP contribution in [-0.4, -0.2) is 5.78 Å². The highest BCUT2D eigenvalue weighted by molar-refractivity contribution is 5.92. The summed E-state index contributed by atoms with van der Waals surface area (Å²) in [5.74, 6) is 0.652. The van der Waals surface area contributed by atoms with E-state index in [0.717, 1.165) is 0 Å². The largest absolute Gasteiger partial charge is 0.295 e. The molecule has 0 radical (unpaired) electrons. The Bertz CT molecular complexity index is 225. The molecule has 0 bridgehead atoms. The molecular weight excluding hydrogens is 172 g/mol. The molecule has 0 fully saturated rings. The smallest absolute Gasteiger partial charge is 0.156 e. The van der Waals surface area contributed by atoms with Gasteiger partial charge in [0.05, 0.1) is 0 Å². The van der Waals surface area contributed by atoms with Gasteiger partial charge in [-0.05, 0) is 18.9 Å². The molecule has 0 amide bonds. The van der Waals surface area contributed by atoms with Gasteiger partial charge in [0.2, 0.25) is 0 Å². The highest BCUT2D eigenvalue weighted by Gasteiger charge is 2.11. The molecule has 0 unspecified atom stereocenters. The number of carbonyl (C=O) groups is 1. The van der Waals surface area contributed by atoms with E-state index < -0.39 is 0 Å². The van der Waals surface area contributed by atoms with E-state index in [1.54, 1.807) is 6.08 Å². The molecule has 0 aromatic carbocycles. The maximum absolute atomic E-state index is 10.9. The summed E-state index contributed by atoms with van der Waals surface area (Å²) in [6.45, 7) is 2.23. The van der Waals surface area contributed by atoms with Gasteiger partial charge in [-0.15, -0.1) is 0 Å². The maximum atomic E-state index is 10.9. The minimum absolute atomic E-state index is 0.269. The van der Waals surface area contributed by atoms with E-state index in [0.29, 0.717) is 12.3 Å². The third kappa shape index (κ3) is 4.40. The van der Waals surface area contributed by atoms with Crippen LogP contribution in [-0.2, 0) is 4.79 Å². The van der Waals surface area contributed by atoms with Gasteiger partial charge in [-0.1, -0.05) is 44.4 Å². The number of hydrogen-bond donors (Lipinski definition) is 0. The van der Waals surface area contributed by atoms with Crippen molar-refractivity contribution in [3.63, 3.8) is 0 Å². The fourth-order valence-electron chi connectivity index (χ4n) is 1.69. The zero-order valence-corrected chi connectivity index (χ0v) is 9.04. The first-order valence-electron chi connectivity index (χ1n) is 5.70. The van der Waals surface area contributed by atoms with E-state index in [1.165, 1.54) is 32.1 Å². The van der Waals surface area contributed by atoms with Crippen molar-refractivity contribution in [2.45, 2.75) is 45.4 Å². The molecular formula is C13H20O. The molecule has 1 nitrogen and oxygen atoms in total. The highest BCUT2D eigenvalue weighted by Crippen LogP contribution is 2.16. The van der Waals surface area contributed by atoms with Crippen molar-refractivity contribution < 1.29 is 4.79 Å². The van der Waals surface area contributed by atoms with Gasteiger partial charge >= 0.3 is 0 Å². The minimum atomic E-state index is 0.269. The van der Waals surface area contributed by atoms with Crippen molar-refractivity contribution in [1.29, 1.82) is 0 Å². The van der Waals surface area contributed by atoms with E-state index in [1.807, 2.05) is 6.08 Å². The summed E-state index contributed by atoms with van der Waals surface area (Å²) in [6.07, 6.45) is 15.2. The van der Waals surface area contributed by atoms with Gasteiger partial charge in [-0.2, -0.15) is 0 Å². The predicted octanol–water partition coefficient (Wildman–Crippen LogP) is 3.66. The number of ketones is 1. The Morgan fingerprint density at radius 2 is 2.29 bits per heavy atom. The molecule has 1 atom stereocenters. The predicted molar refractivity (Wildman–Crippen MR) is 60.2 cm³/mol. The second-order valence-corrected chi connectivity index (χ2v) is 3.97. The van der Waals surface area contributed by atoms with Crippen LogP contribution in [0.3, 0.4) is 0 Å². The number of carbonyl (C=O) groups excluding carboxylic acids is 1. The highest BCUT2D eigenvalue weighted by atomic mass is 16.1. The third-order valence-electron chi connectivity index (χ3n) is 2.57. The van der Waals surface area contributed by atoms with Crippen molar-refractivity contribution in [2.75, 3.05) is 0 Å². The summed E-state index contributed by atoms with van der Waals surface area (Å²) in [4.78, 5) is 10.9. The fourth-order valence-corrected chi connectivity index (χ4v) is 1.69. The molecule has 0 spiro atoms. The summed E-state index contributed by atoms with van der Waals surface area (Å²) in [7, 11) is 0. The average molecular weight is 192 g/mol. The lowest BCUT2D eigenvalue weighted by atomic mass is 10.1. The first-order chi connectivity index (χ1) is 6.83. The van der Waals surface area contributed by atoms with Gasteiger partial charge in [0.15, 0.2) is 5.78 Å². The van der Waals surface area contributed by atoms with Gasteiger partial charge < -0.3 is 0 Å². The Morgan fingerprint density at radius 1 is 1.43 bits per heavy atom. The van der Waals surface area contributed by atoms with E-state index in [9.17, 15) is 4.79 Å². The van der Waals surface area contributed by atoms with Crippen LogP contribution < -0.4 is 0 Å². The maximum Gasteiger partial charge on any atom is 0.156 e. The second kappa shape index (κ2) is 6.58. The van der Waals surface area contributed by atoms with Crippen LogP contribution in [0.4, 0.5) is 0 Å². The first-order valence-corrected chi connectivity index (χ1v) is 5.70. The number of hydrogen-bond acceptors (Lipinski definition) is 1. The van der Waals surface area contributed by atoms with E-state index >= 15 is 0 Å². The van der Waals surface area contributed by atoms with Crippen LogP contribution in [0.5, 0.6) is 0 Å². The quantitative estimate of drug-likeness (QED) is 0.463. The Labute approximate surface area is 86.9 Å².